The van der Waals surface area contributed by atoms with Gasteiger partial charge in [0.1, 0.15) is 18.2 Å². The highest BCUT2D eigenvalue weighted by atomic mass is 19.1. The molecule has 3 aromatic carbocycles. The third-order valence-electron chi connectivity index (χ3n) is 6.73. The first kappa shape index (κ1) is 28.5. The van der Waals surface area contributed by atoms with E-state index in [2.05, 4.69) is 43.4 Å². The molecule has 0 bridgehead atoms. The Morgan fingerprint density at radius 2 is 1.50 bits per heavy atom. The molecular formula is C32H36FN5O2. The molecule has 208 valence electrons. The molecule has 0 aliphatic rings. The summed E-state index contributed by atoms with van der Waals surface area (Å²) < 4.78 is 15.2. The van der Waals surface area contributed by atoms with Gasteiger partial charge in [0.25, 0.3) is 0 Å². The van der Waals surface area contributed by atoms with E-state index in [0.717, 1.165) is 22.4 Å². The van der Waals surface area contributed by atoms with Crippen molar-refractivity contribution in [2.24, 2.45) is 0 Å². The van der Waals surface area contributed by atoms with E-state index < -0.39 is 0 Å². The summed E-state index contributed by atoms with van der Waals surface area (Å²) in [5.74, 6) is 0.116. The van der Waals surface area contributed by atoms with Crippen LogP contribution in [-0.2, 0) is 4.79 Å². The number of likely N-dealkylation sites (N-methyl/N-ethyl adjacent to an activating group) is 1. The third kappa shape index (κ3) is 6.57. The minimum atomic E-state index is -0.374. The molecule has 3 amide bonds. The summed E-state index contributed by atoms with van der Waals surface area (Å²) >= 11 is 0. The van der Waals surface area contributed by atoms with Gasteiger partial charge in [0.05, 0.1) is 11.4 Å². The zero-order chi connectivity index (χ0) is 28.8. The lowest BCUT2D eigenvalue weighted by Crippen LogP contribution is -2.41. The predicted molar refractivity (Wildman–Crippen MR) is 158 cm³/mol. The number of nitrogens with zero attached hydrogens (tertiary/aromatic N) is 3. The summed E-state index contributed by atoms with van der Waals surface area (Å²) in [7, 11) is 0. The molecule has 0 unspecified atom stereocenters. The number of halogens is 1. The minimum absolute atomic E-state index is 0.154. The quantitative estimate of drug-likeness (QED) is 0.231. The predicted octanol–water partition coefficient (Wildman–Crippen LogP) is 7.42. The molecule has 1 aromatic heterocycles. The number of carbonyl (C=O) groups is 2. The van der Waals surface area contributed by atoms with Gasteiger partial charge in [-0.05, 0) is 54.2 Å². The summed E-state index contributed by atoms with van der Waals surface area (Å²) in [6.45, 7) is 10.4. The van der Waals surface area contributed by atoms with Crippen LogP contribution in [0.1, 0.15) is 57.6 Å². The second-order valence-corrected chi connectivity index (χ2v) is 10.3. The Kier molecular flexibility index (Phi) is 8.99. The van der Waals surface area contributed by atoms with Crippen LogP contribution in [0.3, 0.4) is 0 Å². The van der Waals surface area contributed by atoms with Crippen molar-refractivity contribution >= 4 is 23.4 Å². The highest BCUT2D eigenvalue weighted by Crippen LogP contribution is 2.32. The number of carbonyl (C=O) groups excluding carboxylic acids is 2. The van der Waals surface area contributed by atoms with Gasteiger partial charge in [-0.15, -0.1) is 0 Å². The standard InChI is InChI=1S/C32H36FN5O2/c1-6-37(32(40)35-31-26(21(2)3)13-10-14-27(31)22(4)5)20-30(39)34-29-19-28(23-11-8-7-9-12-23)36-38(29)25-17-15-24(33)16-18-25/h7-19,21-22H,6,20H2,1-5H3,(H,34,39)(H,35,40). The molecule has 0 atom stereocenters. The zero-order valence-electron chi connectivity index (χ0n) is 23.6. The van der Waals surface area contributed by atoms with Gasteiger partial charge < -0.3 is 15.5 Å². The molecule has 0 radical (unpaired) electrons. The maximum atomic E-state index is 13.6. The molecule has 40 heavy (non-hydrogen) atoms. The number of benzene rings is 3. The van der Waals surface area contributed by atoms with Crippen LogP contribution in [0, 0.1) is 5.82 Å². The molecule has 7 nitrogen and oxygen atoms in total. The van der Waals surface area contributed by atoms with Gasteiger partial charge in [0.15, 0.2) is 0 Å². The van der Waals surface area contributed by atoms with Crippen LogP contribution in [0.2, 0.25) is 0 Å². The lowest BCUT2D eigenvalue weighted by atomic mass is 9.93. The lowest BCUT2D eigenvalue weighted by molar-refractivity contribution is -0.116. The molecule has 0 aliphatic heterocycles. The molecule has 0 aliphatic carbocycles. The van der Waals surface area contributed by atoms with Crippen LogP contribution in [0.5, 0.6) is 0 Å². The minimum Gasteiger partial charge on any atom is -0.315 e. The van der Waals surface area contributed by atoms with E-state index in [4.69, 9.17) is 0 Å². The first-order valence-electron chi connectivity index (χ1n) is 13.6. The topological polar surface area (TPSA) is 79.3 Å². The summed E-state index contributed by atoms with van der Waals surface area (Å²) in [6, 6.07) is 22.9. The lowest BCUT2D eigenvalue weighted by Gasteiger charge is -2.25. The van der Waals surface area contributed by atoms with Crippen molar-refractivity contribution in [1.29, 1.82) is 0 Å². The van der Waals surface area contributed by atoms with Crippen LogP contribution < -0.4 is 10.6 Å². The van der Waals surface area contributed by atoms with Crippen LogP contribution in [0.25, 0.3) is 16.9 Å². The van der Waals surface area contributed by atoms with Crippen LogP contribution >= 0.6 is 0 Å². The highest BCUT2D eigenvalue weighted by Gasteiger charge is 2.22. The normalized spacial score (nSPS) is 11.1. The number of rotatable bonds is 9. The van der Waals surface area contributed by atoms with Crippen molar-refractivity contribution in [3.63, 3.8) is 0 Å². The monoisotopic (exact) mass is 541 g/mol. The number of nitrogens with one attached hydrogen (secondary N) is 2. The number of para-hydroxylation sites is 1. The Morgan fingerprint density at radius 1 is 0.875 bits per heavy atom. The SMILES string of the molecule is CCN(CC(=O)Nc1cc(-c2ccccc2)nn1-c1ccc(F)cc1)C(=O)Nc1c(C(C)C)cccc1C(C)C. The van der Waals surface area contributed by atoms with Crippen LogP contribution in [0.15, 0.2) is 78.9 Å². The number of anilines is 2. The van der Waals surface area contributed by atoms with E-state index in [-0.39, 0.29) is 36.1 Å². The van der Waals surface area contributed by atoms with Gasteiger partial charge in [-0.25, -0.2) is 13.9 Å². The largest absolute Gasteiger partial charge is 0.322 e. The second-order valence-electron chi connectivity index (χ2n) is 10.3. The van der Waals surface area contributed by atoms with Crippen LogP contribution in [0.4, 0.5) is 20.7 Å². The van der Waals surface area contributed by atoms with Gasteiger partial charge in [0, 0.05) is 23.9 Å². The molecule has 4 aromatic rings. The van der Waals surface area contributed by atoms with Gasteiger partial charge in [-0.2, -0.15) is 5.10 Å². The van der Waals surface area contributed by atoms with Crippen molar-refractivity contribution in [2.45, 2.75) is 46.5 Å². The average Bonchev–Trinajstić information content (AvgIpc) is 3.35. The first-order valence-corrected chi connectivity index (χ1v) is 13.6. The van der Waals surface area contributed by atoms with Crippen LogP contribution in [-0.4, -0.2) is 39.7 Å². The summed E-state index contributed by atoms with van der Waals surface area (Å²) in [4.78, 5) is 28.1. The van der Waals surface area contributed by atoms with Crippen molar-refractivity contribution in [2.75, 3.05) is 23.7 Å². The Labute approximate surface area is 235 Å². The van der Waals surface area contributed by atoms with E-state index >= 15 is 0 Å². The van der Waals surface area contributed by atoms with Gasteiger partial charge in [-0.1, -0.05) is 76.2 Å². The maximum Gasteiger partial charge on any atom is 0.322 e. The number of hydrogen-bond donors (Lipinski definition) is 2. The van der Waals surface area contributed by atoms with E-state index in [1.165, 1.54) is 17.0 Å². The molecule has 1 heterocycles. The van der Waals surface area contributed by atoms with Gasteiger partial charge in [0.2, 0.25) is 5.91 Å². The van der Waals surface area contributed by atoms with E-state index in [1.807, 2.05) is 55.5 Å². The Bertz CT molecular complexity index is 1440. The number of aromatic nitrogens is 2. The number of hydrogen-bond acceptors (Lipinski definition) is 3. The molecule has 4 rings (SSSR count). The molecule has 8 heteroatoms. The highest BCUT2D eigenvalue weighted by molar-refractivity contribution is 5.97. The maximum absolute atomic E-state index is 13.6. The van der Waals surface area contributed by atoms with Crippen molar-refractivity contribution in [3.8, 4) is 16.9 Å². The van der Waals surface area contributed by atoms with Crippen molar-refractivity contribution < 1.29 is 14.0 Å². The molecule has 0 saturated heterocycles. The summed E-state index contributed by atoms with van der Waals surface area (Å²) in [5, 5.41) is 10.6. The molecular weight excluding hydrogens is 505 g/mol. The van der Waals surface area contributed by atoms with Gasteiger partial charge in [-0.3, -0.25) is 4.79 Å². The molecule has 0 saturated carbocycles. The number of urea groups is 1. The summed E-state index contributed by atoms with van der Waals surface area (Å²) in [6.07, 6.45) is 0. The fourth-order valence-corrected chi connectivity index (χ4v) is 4.56. The third-order valence-corrected chi connectivity index (χ3v) is 6.73. The zero-order valence-corrected chi connectivity index (χ0v) is 23.6. The Morgan fingerprint density at radius 3 is 2.08 bits per heavy atom. The Hall–Kier alpha value is -4.46. The number of amides is 3. The van der Waals surface area contributed by atoms with E-state index in [1.54, 1.807) is 22.9 Å². The fourth-order valence-electron chi connectivity index (χ4n) is 4.56. The fraction of sp³-hybridized carbons (Fsp3) is 0.281. The van der Waals surface area contributed by atoms with Crippen molar-refractivity contribution in [3.05, 3.63) is 95.8 Å². The first-order chi connectivity index (χ1) is 19.2. The van der Waals surface area contributed by atoms with Gasteiger partial charge >= 0.3 is 6.03 Å². The Balaban J connectivity index is 1.56. The van der Waals surface area contributed by atoms with E-state index in [9.17, 15) is 14.0 Å². The molecule has 0 spiro atoms. The van der Waals surface area contributed by atoms with Crippen molar-refractivity contribution in [1.82, 2.24) is 14.7 Å². The molecule has 0 fully saturated rings. The smallest absolute Gasteiger partial charge is 0.315 e. The average molecular weight is 542 g/mol. The molecule has 2 N–H and O–H groups in total. The summed E-state index contributed by atoms with van der Waals surface area (Å²) in [5.41, 5.74) is 5.03. The van der Waals surface area contributed by atoms with E-state index in [0.29, 0.717) is 23.7 Å². The second kappa shape index (κ2) is 12.6.